The zero-order chi connectivity index (χ0) is 13.0. The molecule has 1 heterocycles. The molecule has 0 saturated heterocycles. The van der Waals surface area contributed by atoms with Crippen molar-refractivity contribution in [2.24, 2.45) is 0 Å². The van der Waals surface area contributed by atoms with Gasteiger partial charge in [0.1, 0.15) is 0 Å². The highest BCUT2D eigenvalue weighted by molar-refractivity contribution is 5.95. The lowest BCUT2D eigenvalue weighted by atomic mass is 10.1. The maximum atomic E-state index is 12.0. The Hall–Kier alpha value is -2.16. The molecule has 0 aliphatic heterocycles. The van der Waals surface area contributed by atoms with Gasteiger partial charge in [0.15, 0.2) is 0 Å². The minimum atomic E-state index is -0.0798. The molecule has 92 valence electrons. The summed E-state index contributed by atoms with van der Waals surface area (Å²) in [6.07, 6.45) is 3.29. The van der Waals surface area contributed by atoms with E-state index in [2.05, 4.69) is 10.3 Å². The van der Waals surface area contributed by atoms with Crippen LogP contribution in [0.2, 0.25) is 0 Å². The SMILES string of the molecule is Cc1ccccc1CNC(=O)c1cnccc1C. The average Bonchev–Trinajstić information content (AvgIpc) is 2.38. The Morgan fingerprint density at radius 1 is 1.17 bits per heavy atom. The topological polar surface area (TPSA) is 42.0 Å². The number of nitrogens with one attached hydrogen (secondary N) is 1. The number of carbonyl (C=O) groups excluding carboxylic acids is 1. The Morgan fingerprint density at radius 3 is 2.67 bits per heavy atom. The second-order valence-electron chi connectivity index (χ2n) is 4.30. The predicted octanol–water partition coefficient (Wildman–Crippen LogP) is 2.63. The third-order valence-electron chi connectivity index (χ3n) is 2.98. The smallest absolute Gasteiger partial charge is 0.253 e. The molecule has 2 aromatic rings. The lowest BCUT2D eigenvalue weighted by Gasteiger charge is -2.09. The van der Waals surface area contributed by atoms with E-state index < -0.39 is 0 Å². The van der Waals surface area contributed by atoms with Crippen molar-refractivity contribution in [1.29, 1.82) is 0 Å². The van der Waals surface area contributed by atoms with E-state index in [1.807, 2.05) is 44.2 Å². The Bertz CT molecular complexity index is 564. The summed E-state index contributed by atoms with van der Waals surface area (Å²) >= 11 is 0. The third kappa shape index (κ3) is 2.74. The van der Waals surface area contributed by atoms with Crippen LogP contribution < -0.4 is 5.32 Å². The van der Waals surface area contributed by atoms with Gasteiger partial charge in [0.05, 0.1) is 5.56 Å². The molecule has 1 aromatic carbocycles. The van der Waals surface area contributed by atoms with Gasteiger partial charge >= 0.3 is 0 Å². The van der Waals surface area contributed by atoms with E-state index in [0.717, 1.165) is 11.1 Å². The highest BCUT2D eigenvalue weighted by Gasteiger charge is 2.08. The zero-order valence-electron chi connectivity index (χ0n) is 10.6. The van der Waals surface area contributed by atoms with Crippen LogP contribution >= 0.6 is 0 Å². The molecule has 0 fully saturated rings. The van der Waals surface area contributed by atoms with Gasteiger partial charge < -0.3 is 5.32 Å². The monoisotopic (exact) mass is 240 g/mol. The van der Waals surface area contributed by atoms with Crippen molar-refractivity contribution in [2.75, 3.05) is 0 Å². The summed E-state index contributed by atoms with van der Waals surface area (Å²) in [5.41, 5.74) is 3.88. The van der Waals surface area contributed by atoms with Crippen molar-refractivity contribution in [3.63, 3.8) is 0 Å². The number of amides is 1. The van der Waals surface area contributed by atoms with Gasteiger partial charge in [-0.05, 0) is 36.6 Å². The molecule has 1 N–H and O–H groups in total. The summed E-state index contributed by atoms with van der Waals surface area (Å²) in [7, 11) is 0. The molecule has 3 nitrogen and oxygen atoms in total. The number of aromatic nitrogens is 1. The fourth-order valence-electron chi connectivity index (χ4n) is 1.78. The molecule has 18 heavy (non-hydrogen) atoms. The molecule has 0 saturated carbocycles. The molecule has 0 atom stereocenters. The maximum absolute atomic E-state index is 12.0. The van der Waals surface area contributed by atoms with E-state index >= 15 is 0 Å². The molecule has 0 aliphatic carbocycles. The molecule has 0 radical (unpaired) electrons. The number of pyridine rings is 1. The van der Waals surface area contributed by atoms with E-state index in [0.29, 0.717) is 12.1 Å². The Labute approximate surface area is 107 Å². The van der Waals surface area contributed by atoms with E-state index in [1.54, 1.807) is 12.4 Å². The standard InChI is InChI=1S/C15H16N2O/c1-11-5-3-4-6-13(11)9-17-15(18)14-10-16-8-7-12(14)2/h3-8,10H,9H2,1-2H3,(H,17,18). The summed E-state index contributed by atoms with van der Waals surface area (Å²) in [4.78, 5) is 16.0. The van der Waals surface area contributed by atoms with E-state index in [-0.39, 0.29) is 5.91 Å². The van der Waals surface area contributed by atoms with Gasteiger partial charge in [0, 0.05) is 18.9 Å². The van der Waals surface area contributed by atoms with Gasteiger partial charge in [0.25, 0.3) is 5.91 Å². The van der Waals surface area contributed by atoms with Crippen LogP contribution in [-0.2, 0) is 6.54 Å². The largest absolute Gasteiger partial charge is 0.348 e. The van der Waals surface area contributed by atoms with Gasteiger partial charge in [-0.25, -0.2) is 0 Å². The van der Waals surface area contributed by atoms with E-state index in [4.69, 9.17) is 0 Å². The predicted molar refractivity (Wildman–Crippen MR) is 71.3 cm³/mol. The number of carbonyl (C=O) groups is 1. The van der Waals surface area contributed by atoms with Crippen molar-refractivity contribution in [1.82, 2.24) is 10.3 Å². The van der Waals surface area contributed by atoms with Crippen LogP contribution in [0.15, 0.2) is 42.7 Å². The average molecular weight is 240 g/mol. The zero-order valence-corrected chi connectivity index (χ0v) is 10.6. The van der Waals surface area contributed by atoms with Crippen LogP contribution in [-0.4, -0.2) is 10.9 Å². The molecule has 0 unspecified atom stereocenters. The number of hydrogen-bond acceptors (Lipinski definition) is 2. The molecular formula is C15H16N2O. The fraction of sp³-hybridized carbons (Fsp3) is 0.200. The van der Waals surface area contributed by atoms with Gasteiger partial charge in [0.2, 0.25) is 0 Å². The van der Waals surface area contributed by atoms with Crippen molar-refractivity contribution in [3.8, 4) is 0 Å². The second-order valence-corrected chi connectivity index (χ2v) is 4.30. The van der Waals surface area contributed by atoms with Crippen LogP contribution in [0.5, 0.6) is 0 Å². The Morgan fingerprint density at radius 2 is 1.94 bits per heavy atom. The summed E-state index contributed by atoms with van der Waals surface area (Å²) in [6, 6.07) is 9.86. The molecule has 0 bridgehead atoms. The van der Waals surface area contributed by atoms with Crippen LogP contribution in [0.25, 0.3) is 0 Å². The third-order valence-corrected chi connectivity index (χ3v) is 2.98. The van der Waals surface area contributed by atoms with Gasteiger partial charge in [-0.2, -0.15) is 0 Å². The number of hydrogen-bond donors (Lipinski definition) is 1. The minimum Gasteiger partial charge on any atom is -0.348 e. The minimum absolute atomic E-state index is 0.0798. The van der Waals surface area contributed by atoms with Crippen molar-refractivity contribution < 1.29 is 4.79 Å². The summed E-state index contributed by atoms with van der Waals surface area (Å²) in [6.45, 7) is 4.49. The highest BCUT2D eigenvalue weighted by Crippen LogP contribution is 2.08. The Kier molecular flexibility index (Phi) is 3.72. The first-order chi connectivity index (χ1) is 8.68. The fourth-order valence-corrected chi connectivity index (χ4v) is 1.78. The molecule has 2 rings (SSSR count). The first-order valence-electron chi connectivity index (χ1n) is 5.92. The Balaban J connectivity index is 2.06. The highest BCUT2D eigenvalue weighted by atomic mass is 16.1. The van der Waals surface area contributed by atoms with Crippen LogP contribution in [0.3, 0.4) is 0 Å². The first-order valence-corrected chi connectivity index (χ1v) is 5.92. The van der Waals surface area contributed by atoms with E-state index in [9.17, 15) is 4.79 Å². The van der Waals surface area contributed by atoms with Crippen molar-refractivity contribution >= 4 is 5.91 Å². The van der Waals surface area contributed by atoms with E-state index in [1.165, 1.54) is 5.56 Å². The summed E-state index contributed by atoms with van der Waals surface area (Å²) < 4.78 is 0. The number of rotatable bonds is 3. The number of benzene rings is 1. The van der Waals surface area contributed by atoms with Crippen LogP contribution in [0.1, 0.15) is 27.0 Å². The van der Waals surface area contributed by atoms with Crippen molar-refractivity contribution in [2.45, 2.75) is 20.4 Å². The van der Waals surface area contributed by atoms with Gasteiger partial charge in [-0.3, -0.25) is 9.78 Å². The maximum Gasteiger partial charge on any atom is 0.253 e. The van der Waals surface area contributed by atoms with Crippen LogP contribution in [0, 0.1) is 13.8 Å². The lowest BCUT2D eigenvalue weighted by molar-refractivity contribution is 0.0950. The molecule has 1 amide bonds. The summed E-state index contributed by atoms with van der Waals surface area (Å²) in [5, 5.41) is 2.92. The van der Waals surface area contributed by atoms with Gasteiger partial charge in [-0.1, -0.05) is 24.3 Å². The number of nitrogens with zero attached hydrogens (tertiary/aromatic N) is 1. The first kappa shape index (κ1) is 12.3. The summed E-state index contributed by atoms with van der Waals surface area (Å²) in [5.74, 6) is -0.0798. The normalized spacial score (nSPS) is 10.1. The second kappa shape index (κ2) is 5.45. The lowest BCUT2D eigenvalue weighted by Crippen LogP contribution is -2.24. The number of aryl methyl sites for hydroxylation is 2. The molecule has 0 aliphatic rings. The van der Waals surface area contributed by atoms with Gasteiger partial charge in [-0.15, -0.1) is 0 Å². The molecule has 1 aromatic heterocycles. The molecule has 3 heteroatoms. The molecular weight excluding hydrogens is 224 g/mol. The molecule has 0 spiro atoms. The van der Waals surface area contributed by atoms with Crippen LogP contribution in [0.4, 0.5) is 0 Å². The quantitative estimate of drug-likeness (QED) is 0.896. The van der Waals surface area contributed by atoms with Crippen molar-refractivity contribution in [3.05, 3.63) is 65.0 Å².